The molecule has 7 heteroatoms. The van der Waals surface area contributed by atoms with Crippen molar-refractivity contribution in [2.75, 3.05) is 18.0 Å². The summed E-state index contributed by atoms with van der Waals surface area (Å²) in [5, 5.41) is 2.14. The first-order valence-electron chi connectivity index (χ1n) is 10.5. The molecule has 0 spiro atoms. The van der Waals surface area contributed by atoms with E-state index in [4.69, 9.17) is 17.1 Å². The van der Waals surface area contributed by atoms with Gasteiger partial charge in [0.05, 0.1) is 24.3 Å². The van der Waals surface area contributed by atoms with E-state index in [-0.39, 0.29) is 18.1 Å². The molecule has 7 nitrogen and oxygen atoms in total. The molecule has 0 saturated carbocycles. The molecule has 4 heterocycles. The molecular formula is C24H24N6O. The quantitative estimate of drug-likeness (QED) is 0.521. The summed E-state index contributed by atoms with van der Waals surface area (Å²) in [5.74, 6) is 3.40. The van der Waals surface area contributed by atoms with Gasteiger partial charge in [0, 0.05) is 36.9 Å². The first-order valence-corrected chi connectivity index (χ1v) is 10.5. The lowest BCUT2D eigenvalue weighted by Gasteiger charge is -2.31. The second kappa shape index (κ2) is 7.89. The standard InChI is InChI=1S/C24H24N6O/c1-2-12-30-22-20(27-24(30)29-13-5-7-18(25)15-29)10-14-28(23(22)31)16-21-19-8-4-3-6-17(19)9-11-26-21/h1,3-4,6,8-11,14,18H,5,7,12-13,15-16,25H2. The molecule has 5 rings (SSSR count). The van der Waals surface area contributed by atoms with Gasteiger partial charge in [-0.1, -0.05) is 30.2 Å². The summed E-state index contributed by atoms with van der Waals surface area (Å²) in [6.07, 6.45) is 11.2. The normalized spacial score (nSPS) is 16.6. The number of hydrogen-bond acceptors (Lipinski definition) is 5. The second-order valence-corrected chi connectivity index (χ2v) is 8.01. The van der Waals surface area contributed by atoms with Crippen molar-refractivity contribution in [3.63, 3.8) is 0 Å². The van der Waals surface area contributed by atoms with Crippen molar-refractivity contribution >= 4 is 27.8 Å². The van der Waals surface area contributed by atoms with Crippen molar-refractivity contribution in [3.8, 4) is 12.3 Å². The Labute approximate surface area is 180 Å². The lowest BCUT2D eigenvalue weighted by Crippen LogP contribution is -2.44. The average Bonchev–Trinajstić information content (AvgIpc) is 3.15. The van der Waals surface area contributed by atoms with Gasteiger partial charge in [-0.25, -0.2) is 4.98 Å². The number of hydrogen-bond donors (Lipinski definition) is 1. The van der Waals surface area contributed by atoms with E-state index in [1.165, 1.54) is 0 Å². The zero-order valence-electron chi connectivity index (χ0n) is 17.2. The number of anilines is 1. The van der Waals surface area contributed by atoms with Crippen molar-refractivity contribution in [2.45, 2.75) is 32.0 Å². The molecule has 4 aromatic rings. The minimum Gasteiger partial charge on any atom is -0.341 e. The number of rotatable bonds is 4. The maximum atomic E-state index is 13.5. The Morgan fingerprint density at radius 1 is 1.23 bits per heavy atom. The van der Waals surface area contributed by atoms with Crippen LogP contribution in [-0.4, -0.2) is 38.2 Å². The van der Waals surface area contributed by atoms with Crippen LogP contribution in [0.4, 0.5) is 5.95 Å². The van der Waals surface area contributed by atoms with Crippen LogP contribution in [0.25, 0.3) is 21.8 Å². The van der Waals surface area contributed by atoms with Gasteiger partial charge in [-0.15, -0.1) is 6.42 Å². The summed E-state index contributed by atoms with van der Waals surface area (Å²) in [4.78, 5) is 24.9. The molecule has 1 saturated heterocycles. The predicted molar refractivity (Wildman–Crippen MR) is 123 cm³/mol. The van der Waals surface area contributed by atoms with Crippen molar-refractivity contribution in [3.05, 3.63) is 64.8 Å². The van der Waals surface area contributed by atoms with Crippen LogP contribution in [0.2, 0.25) is 0 Å². The fourth-order valence-corrected chi connectivity index (χ4v) is 4.43. The number of fused-ring (bicyclic) bond motifs is 2. The van der Waals surface area contributed by atoms with Gasteiger partial charge in [0.1, 0.15) is 5.52 Å². The van der Waals surface area contributed by atoms with Crippen molar-refractivity contribution in [1.82, 2.24) is 19.1 Å². The molecule has 31 heavy (non-hydrogen) atoms. The van der Waals surface area contributed by atoms with Crippen LogP contribution >= 0.6 is 0 Å². The Morgan fingerprint density at radius 2 is 2.10 bits per heavy atom. The molecule has 0 bridgehead atoms. The van der Waals surface area contributed by atoms with Crippen LogP contribution in [0.3, 0.4) is 0 Å². The molecule has 3 aromatic heterocycles. The van der Waals surface area contributed by atoms with Gasteiger partial charge >= 0.3 is 0 Å². The van der Waals surface area contributed by atoms with E-state index in [0.29, 0.717) is 24.1 Å². The van der Waals surface area contributed by atoms with Crippen LogP contribution in [0.15, 0.2) is 53.6 Å². The number of pyridine rings is 2. The van der Waals surface area contributed by atoms with Gasteiger partial charge in [-0.3, -0.25) is 14.3 Å². The third-order valence-electron chi connectivity index (χ3n) is 5.92. The zero-order valence-corrected chi connectivity index (χ0v) is 17.2. The van der Waals surface area contributed by atoms with Crippen LogP contribution < -0.4 is 16.2 Å². The van der Waals surface area contributed by atoms with Gasteiger partial charge < -0.3 is 15.2 Å². The highest BCUT2D eigenvalue weighted by atomic mass is 16.1. The smallest absolute Gasteiger partial charge is 0.277 e. The molecule has 1 unspecified atom stereocenters. The van der Waals surface area contributed by atoms with Gasteiger partial charge in [0.15, 0.2) is 0 Å². The van der Waals surface area contributed by atoms with Gasteiger partial charge in [0.25, 0.3) is 5.56 Å². The minimum atomic E-state index is -0.123. The van der Waals surface area contributed by atoms with E-state index < -0.39 is 0 Å². The van der Waals surface area contributed by atoms with Crippen molar-refractivity contribution < 1.29 is 0 Å². The summed E-state index contributed by atoms with van der Waals surface area (Å²) in [6, 6.07) is 12.0. The Morgan fingerprint density at radius 3 is 2.94 bits per heavy atom. The van der Waals surface area contributed by atoms with E-state index >= 15 is 0 Å². The molecule has 1 aliphatic heterocycles. The van der Waals surface area contributed by atoms with Gasteiger partial charge in [-0.05, 0) is 30.4 Å². The van der Waals surface area contributed by atoms with E-state index in [9.17, 15) is 4.79 Å². The van der Waals surface area contributed by atoms with Crippen LogP contribution in [0.5, 0.6) is 0 Å². The van der Waals surface area contributed by atoms with E-state index in [1.54, 1.807) is 17.0 Å². The summed E-state index contributed by atoms with van der Waals surface area (Å²) >= 11 is 0. The Bertz CT molecular complexity index is 1360. The monoisotopic (exact) mass is 412 g/mol. The van der Waals surface area contributed by atoms with Crippen LogP contribution in [-0.2, 0) is 13.1 Å². The zero-order chi connectivity index (χ0) is 21.4. The largest absolute Gasteiger partial charge is 0.341 e. The van der Waals surface area contributed by atoms with Crippen LogP contribution in [0.1, 0.15) is 18.5 Å². The molecule has 1 aliphatic rings. The topological polar surface area (TPSA) is 82.0 Å². The van der Waals surface area contributed by atoms with E-state index in [1.807, 2.05) is 41.0 Å². The van der Waals surface area contributed by atoms with E-state index in [0.717, 1.165) is 41.8 Å². The van der Waals surface area contributed by atoms with E-state index in [2.05, 4.69) is 15.8 Å². The number of nitrogens with zero attached hydrogens (tertiary/aromatic N) is 5. The highest BCUT2D eigenvalue weighted by Crippen LogP contribution is 2.24. The van der Waals surface area contributed by atoms with Crippen molar-refractivity contribution in [2.24, 2.45) is 5.73 Å². The highest BCUT2D eigenvalue weighted by molar-refractivity contribution is 5.84. The van der Waals surface area contributed by atoms with Gasteiger partial charge in [-0.2, -0.15) is 0 Å². The third kappa shape index (κ3) is 3.45. The summed E-state index contributed by atoms with van der Waals surface area (Å²) < 4.78 is 3.53. The third-order valence-corrected chi connectivity index (χ3v) is 5.92. The molecule has 1 aromatic carbocycles. The lowest BCUT2D eigenvalue weighted by molar-refractivity contribution is 0.496. The Hall–Kier alpha value is -3.63. The van der Waals surface area contributed by atoms with Crippen LogP contribution in [0, 0.1) is 12.3 Å². The number of piperidine rings is 1. The molecule has 1 fully saturated rings. The first-order chi connectivity index (χ1) is 15.2. The second-order valence-electron chi connectivity index (χ2n) is 8.01. The minimum absolute atomic E-state index is 0.0990. The summed E-state index contributed by atoms with van der Waals surface area (Å²) in [6.45, 7) is 2.22. The Kier molecular flexibility index (Phi) is 4.92. The SMILES string of the molecule is C#CCn1c(N2CCCC(N)C2)nc2ccn(Cc3nccc4ccccc34)c(=O)c21. The fraction of sp³-hybridized carbons (Fsp3) is 0.292. The highest BCUT2D eigenvalue weighted by Gasteiger charge is 2.24. The summed E-state index contributed by atoms with van der Waals surface area (Å²) in [5.41, 5.74) is 8.08. The van der Waals surface area contributed by atoms with Crippen molar-refractivity contribution in [1.29, 1.82) is 0 Å². The predicted octanol–water partition coefficient (Wildman–Crippen LogP) is 2.36. The number of benzene rings is 1. The maximum absolute atomic E-state index is 13.5. The molecule has 0 amide bonds. The maximum Gasteiger partial charge on any atom is 0.277 e. The summed E-state index contributed by atoms with van der Waals surface area (Å²) in [7, 11) is 0. The first kappa shape index (κ1) is 19.3. The molecule has 0 radical (unpaired) electrons. The lowest BCUT2D eigenvalue weighted by atomic mass is 10.1. The fourth-order valence-electron chi connectivity index (χ4n) is 4.43. The molecule has 0 aliphatic carbocycles. The Balaban J connectivity index is 1.61. The van der Waals surface area contributed by atoms with Gasteiger partial charge in [0.2, 0.25) is 5.95 Å². The molecule has 156 valence electrons. The number of imidazole rings is 1. The molecular weight excluding hydrogens is 388 g/mol. The average molecular weight is 412 g/mol. The molecule has 1 atom stereocenters. The number of terminal acetylenes is 1. The number of nitrogens with two attached hydrogens (primary N) is 1. The molecule has 2 N–H and O–H groups in total. The number of aromatic nitrogens is 4.